The second-order valence-corrected chi connectivity index (χ2v) is 7.45. The zero-order chi connectivity index (χ0) is 13.0. The van der Waals surface area contributed by atoms with E-state index in [1.165, 1.54) is 45.2 Å². The highest BCUT2D eigenvalue weighted by molar-refractivity contribution is 5.10. The molecule has 3 fully saturated rings. The van der Waals surface area contributed by atoms with Gasteiger partial charge in [-0.1, -0.05) is 0 Å². The SMILES string of the molecule is CC1CC(CN)(N2CCCC2(C)C)CN1C1CC1. The van der Waals surface area contributed by atoms with Gasteiger partial charge in [-0.05, 0) is 59.4 Å². The molecule has 2 unspecified atom stereocenters. The van der Waals surface area contributed by atoms with E-state index in [9.17, 15) is 0 Å². The summed E-state index contributed by atoms with van der Waals surface area (Å²) in [6.07, 6.45) is 6.76. The fraction of sp³-hybridized carbons (Fsp3) is 1.00. The van der Waals surface area contributed by atoms with Crippen molar-refractivity contribution in [3.8, 4) is 0 Å². The summed E-state index contributed by atoms with van der Waals surface area (Å²) in [6, 6.07) is 1.59. The van der Waals surface area contributed by atoms with Gasteiger partial charge in [-0.2, -0.15) is 0 Å². The predicted molar refractivity (Wildman–Crippen MR) is 75.6 cm³/mol. The lowest BCUT2D eigenvalue weighted by molar-refractivity contribution is 0.0398. The number of nitrogens with zero attached hydrogens (tertiary/aromatic N) is 2. The van der Waals surface area contributed by atoms with Crippen molar-refractivity contribution in [1.82, 2.24) is 9.80 Å². The summed E-state index contributed by atoms with van der Waals surface area (Å²) in [5.41, 5.74) is 6.84. The Kier molecular flexibility index (Phi) is 3.00. The number of likely N-dealkylation sites (tertiary alicyclic amines) is 2. The molecule has 2 aliphatic heterocycles. The molecule has 104 valence electrons. The molecule has 2 atom stereocenters. The Bertz CT molecular complexity index is 324. The van der Waals surface area contributed by atoms with Crippen molar-refractivity contribution in [2.75, 3.05) is 19.6 Å². The van der Waals surface area contributed by atoms with Gasteiger partial charge in [-0.25, -0.2) is 0 Å². The maximum atomic E-state index is 6.25. The molecule has 0 bridgehead atoms. The lowest BCUT2D eigenvalue weighted by Gasteiger charge is -2.46. The van der Waals surface area contributed by atoms with Crippen molar-refractivity contribution in [2.45, 2.75) is 76.0 Å². The lowest BCUT2D eigenvalue weighted by Crippen LogP contribution is -2.60. The highest BCUT2D eigenvalue weighted by Gasteiger charge is 2.53. The fourth-order valence-electron chi connectivity index (χ4n) is 4.56. The summed E-state index contributed by atoms with van der Waals surface area (Å²) in [5, 5.41) is 0. The first-order valence-corrected chi connectivity index (χ1v) is 7.72. The monoisotopic (exact) mass is 251 g/mol. The highest BCUT2D eigenvalue weighted by atomic mass is 15.4. The molecule has 0 aromatic rings. The Morgan fingerprint density at radius 2 is 2.00 bits per heavy atom. The van der Waals surface area contributed by atoms with E-state index in [0.717, 1.165) is 18.6 Å². The maximum absolute atomic E-state index is 6.25. The molecule has 1 aliphatic carbocycles. The van der Waals surface area contributed by atoms with Crippen LogP contribution in [-0.4, -0.2) is 52.6 Å². The fourth-order valence-corrected chi connectivity index (χ4v) is 4.56. The van der Waals surface area contributed by atoms with E-state index in [4.69, 9.17) is 5.73 Å². The van der Waals surface area contributed by atoms with Gasteiger partial charge in [0.1, 0.15) is 0 Å². The van der Waals surface area contributed by atoms with E-state index in [-0.39, 0.29) is 5.54 Å². The van der Waals surface area contributed by atoms with Crippen molar-refractivity contribution in [2.24, 2.45) is 5.73 Å². The number of hydrogen-bond acceptors (Lipinski definition) is 3. The van der Waals surface area contributed by atoms with Gasteiger partial charge in [0.05, 0.1) is 0 Å². The third-order valence-corrected chi connectivity index (χ3v) is 5.59. The number of rotatable bonds is 3. The molecule has 0 spiro atoms. The van der Waals surface area contributed by atoms with Gasteiger partial charge in [0, 0.05) is 36.3 Å². The van der Waals surface area contributed by atoms with Crippen LogP contribution < -0.4 is 5.73 Å². The molecule has 3 nitrogen and oxygen atoms in total. The van der Waals surface area contributed by atoms with Crippen molar-refractivity contribution in [3.63, 3.8) is 0 Å². The standard InChI is InChI=1S/C15H29N3/c1-12-9-15(10-16,11-17(12)13-5-6-13)18-8-4-7-14(18,2)3/h12-13H,4-11,16H2,1-3H3. The summed E-state index contributed by atoms with van der Waals surface area (Å²) >= 11 is 0. The van der Waals surface area contributed by atoms with Gasteiger partial charge in [0.15, 0.2) is 0 Å². The normalized spacial score (nSPS) is 41.7. The Balaban J connectivity index is 1.82. The summed E-state index contributed by atoms with van der Waals surface area (Å²) in [4.78, 5) is 5.49. The molecule has 3 heteroatoms. The third-order valence-electron chi connectivity index (χ3n) is 5.59. The van der Waals surface area contributed by atoms with Crippen LogP contribution in [0.3, 0.4) is 0 Å². The minimum atomic E-state index is 0.252. The maximum Gasteiger partial charge on any atom is 0.0478 e. The molecule has 18 heavy (non-hydrogen) atoms. The molecular weight excluding hydrogens is 222 g/mol. The molecule has 0 aromatic carbocycles. The third kappa shape index (κ3) is 1.91. The second kappa shape index (κ2) is 4.19. The summed E-state index contributed by atoms with van der Waals surface area (Å²) < 4.78 is 0. The highest BCUT2D eigenvalue weighted by Crippen LogP contribution is 2.44. The quantitative estimate of drug-likeness (QED) is 0.830. The van der Waals surface area contributed by atoms with Gasteiger partial charge in [0.2, 0.25) is 0 Å². The van der Waals surface area contributed by atoms with Gasteiger partial charge >= 0.3 is 0 Å². The Labute approximate surface area is 112 Å². The molecule has 1 saturated carbocycles. The van der Waals surface area contributed by atoms with E-state index in [0.29, 0.717) is 5.54 Å². The molecule has 3 rings (SSSR count). The predicted octanol–water partition coefficient (Wildman–Crippen LogP) is 1.81. The average Bonchev–Trinajstić information content (AvgIpc) is 3.01. The van der Waals surface area contributed by atoms with Gasteiger partial charge < -0.3 is 5.73 Å². The van der Waals surface area contributed by atoms with Gasteiger partial charge in [0.25, 0.3) is 0 Å². The molecule has 2 saturated heterocycles. The van der Waals surface area contributed by atoms with E-state index < -0.39 is 0 Å². The zero-order valence-electron chi connectivity index (χ0n) is 12.3. The van der Waals surface area contributed by atoms with Crippen LogP contribution in [0.2, 0.25) is 0 Å². The lowest BCUT2D eigenvalue weighted by atomic mass is 9.89. The molecule has 2 N–H and O–H groups in total. The number of nitrogens with two attached hydrogens (primary N) is 1. The first-order chi connectivity index (χ1) is 8.48. The van der Waals surface area contributed by atoms with Crippen LogP contribution in [0.5, 0.6) is 0 Å². The van der Waals surface area contributed by atoms with Gasteiger partial charge in [-0.3, -0.25) is 9.80 Å². The molecular formula is C15H29N3. The van der Waals surface area contributed by atoms with Crippen LogP contribution in [0.1, 0.15) is 52.9 Å². The topological polar surface area (TPSA) is 32.5 Å². The first-order valence-electron chi connectivity index (χ1n) is 7.72. The molecule has 3 aliphatic rings. The van der Waals surface area contributed by atoms with Gasteiger partial charge in [-0.15, -0.1) is 0 Å². The largest absolute Gasteiger partial charge is 0.329 e. The van der Waals surface area contributed by atoms with Crippen molar-refractivity contribution in [1.29, 1.82) is 0 Å². The minimum absolute atomic E-state index is 0.252. The number of hydrogen-bond donors (Lipinski definition) is 1. The summed E-state index contributed by atoms with van der Waals surface area (Å²) in [7, 11) is 0. The van der Waals surface area contributed by atoms with Crippen LogP contribution in [-0.2, 0) is 0 Å². The van der Waals surface area contributed by atoms with E-state index in [1.807, 2.05) is 0 Å². The Morgan fingerprint density at radius 3 is 2.50 bits per heavy atom. The average molecular weight is 251 g/mol. The summed E-state index contributed by atoms with van der Waals surface area (Å²) in [6.45, 7) is 10.5. The van der Waals surface area contributed by atoms with E-state index in [2.05, 4.69) is 30.6 Å². The van der Waals surface area contributed by atoms with Crippen LogP contribution >= 0.6 is 0 Å². The molecule has 0 radical (unpaired) electrons. The van der Waals surface area contributed by atoms with E-state index in [1.54, 1.807) is 0 Å². The molecule has 0 aromatic heterocycles. The zero-order valence-corrected chi connectivity index (χ0v) is 12.3. The van der Waals surface area contributed by atoms with Crippen LogP contribution in [0.4, 0.5) is 0 Å². The molecule has 0 amide bonds. The van der Waals surface area contributed by atoms with Crippen LogP contribution in [0.15, 0.2) is 0 Å². The van der Waals surface area contributed by atoms with E-state index >= 15 is 0 Å². The Hall–Kier alpha value is -0.120. The van der Waals surface area contributed by atoms with Crippen LogP contribution in [0.25, 0.3) is 0 Å². The Morgan fingerprint density at radius 1 is 1.28 bits per heavy atom. The second-order valence-electron chi connectivity index (χ2n) is 7.45. The van der Waals surface area contributed by atoms with Crippen molar-refractivity contribution >= 4 is 0 Å². The first kappa shape index (κ1) is 12.9. The van der Waals surface area contributed by atoms with Crippen molar-refractivity contribution in [3.05, 3.63) is 0 Å². The summed E-state index contributed by atoms with van der Waals surface area (Å²) in [5.74, 6) is 0. The smallest absolute Gasteiger partial charge is 0.0478 e. The van der Waals surface area contributed by atoms with Crippen molar-refractivity contribution < 1.29 is 0 Å². The van der Waals surface area contributed by atoms with Crippen LogP contribution in [0, 0.1) is 0 Å². The minimum Gasteiger partial charge on any atom is -0.329 e. The molecule has 2 heterocycles.